The first-order valence-corrected chi connectivity index (χ1v) is 8.56. The van der Waals surface area contributed by atoms with Crippen molar-refractivity contribution in [2.45, 2.75) is 56.9 Å². The molecule has 2 fully saturated rings. The van der Waals surface area contributed by atoms with Crippen molar-refractivity contribution in [1.29, 1.82) is 0 Å². The Kier molecular flexibility index (Phi) is 5.01. The predicted octanol–water partition coefficient (Wildman–Crippen LogP) is 0.126. The van der Waals surface area contributed by atoms with Crippen LogP contribution < -0.4 is 5.32 Å². The predicted molar refractivity (Wildman–Crippen MR) is 88.7 cm³/mol. The molecule has 0 saturated carbocycles. The van der Waals surface area contributed by atoms with Crippen molar-refractivity contribution in [3.05, 3.63) is 24.3 Å². The Labute approximate surface area is 146 Å². The largest absolute Gasteiger partial charge is 0.388 e. The number of ether oxygens (including phenoxy) is 1. The molecule has 2 aliphatic rings. The second-order valence-corrected chi connectivity index (χ2v) is 6.99. The molecule has 0 aromatic carbocycles. The Bertz CT molecular complexity index is 637. The number of piperidine rings is 1. The number of carbonyl (C=O) groups is 2. The van der Waals surface area contributed by atoms with E-state index in [2.05, 4.69) is 15.3 Å². The fourth-order valence-corrected chi connectivity index (χ4v) is 3.68. The molecule has 136 valence electrons. The molecular weight excluding hydrogens is 324 g/mol. The molecule has 0 bridgehead atoms. The summed E-state index contributed by atoms with van der Waals surface area (Å²) in [6.07, 6.45) is 4.70. The molecule has 0 aliphatic carbocycles. The van der Waals surface area contributed by atoms with Gasteiger partial charge in [-0.25, -0.2) is 9.97 Å². The highest BCUT2D eigenvalue weighted by molar-refractivity contribution is 5.92. The Morgan fingerprint density at radius 1 is 1.48 bits per heavy atom. The second kappa shape index (κ2) is 7.05. The molecule has 4 atom stereocenters. The minimum atomic E-state index is -1.17. The summed E-state index contributed by atoms with van der Waals surface area (Å²) < 4.78 is 5.97. The quantitative estimate of drug-likeness (QED) is 0.787. The smallest absolute Gasteiger partial charge is 0.272 e. The number of nitrogens with one attached hydrogen (secondary N) is 1. The Hall–Kier alpha value is -2.06. The first-order chi connectivity index (χ1) is 11.9. The highest BCUT2D eigenvalue weighted by atomic mass is 16.5. The second-order valence-electron chi connectivity index (χ2n) is 6.99. The minimum absolute atomic E-state index is 0.162. The highest BCUT2D eigenvalue weighted by Gasteiger charge is 2.46. The van der Waals surface area contributed by atoms with Crippen LogP contribution in [0.2, 0.25) is 0 Å². The van der Waals surface area contributed by atoms with Crippen LogP contribution in [0.5, 0.6) is 0 Å². The van der Waals surface area contributed by atoms with Gasteiger partial charge in [0.05, 0.1) is 30.4 Å². The van der Waals surface area contributed by atoms with Gasteiger partial charge >= 0.3 is 0 Å². The zero-order valence-corrected chi connectivity index (χ0v) is 14.5. The first-order valence-electron chi connectivity index (χ1n) is 8.56. The first kappa shape index (κ1) is 17.8. The van der Waals surface area contributed by atoms with Crippen molar-refractivity contribution < 1.29 is 19.4 Å². The maximum absolute atomic E-state index is 12.9. The summed E-state index contributed by atoms with van der Waals surface area (Å²) in [5, 5.41) is 13.7. The molecule has 1 aromatic heterocycles. The highest BCUT2D eigenvalue weighted by Crippen LogP contribution is 2.33. The van der Waals surface area contributed by atoms with Crippen molar-refractivity contribution in [1.82, 2.24) is 20.2 Å². The van der Waals surface area contributed by atoms with Crippen LogP contribution in [0.4, 0.5) is 0 Å². The van der Waals surface area contributed by atoms with E-state index in [4.69, 9.17) is 4.74 Å². The van der Waals surface area contributed by atoms with Crippen LogP contribution in [0.1, 0.15) is 43.6 Å². The third kappa shape index (κ3) is 3.80. The number of carbonyl (C=O) groups excluding carboxylic acids is 2. The van der Waals surface area contributed by atoms with Crippen molar-refractivity contribution >= 4 is 11.8 Å². The number of likely N-dealkylation sites (tertiary alicyclic amines) is 1. The lowest BCUT2D eigenvalue weighted by Gasteiger charge is -2.41. The molecule has 2 saturated heterocycles. The molecular formula is C17H24N4O4. The molecule has 1 aromatic rings. The number of nitrogens with zero attached hydrogens (tertiary/aromatic N) is 3. The number of aliphatic hydroxyl groups is 1. The summed E-state index contributed by atoms with van der Waals surface area (Å²) in [6.45, 7) is 3.91. The van der Waals surface area contributed by atoms with Gasteiger partial charge in [-0.2, -0.15) is 0 Å². The van der Waals surface area contributed by atoms with Gasteiger partial charge < -0.3 is 20.1 Å². The molecule has 2 amide bonds. The van der Waals surface area contributed by atoms with E-state index in [1.165, 1.54) is 19.4 Å². The van der Waals surface area contributed by atoms with Crippen LogP contribution in [0.3, 0.4) is 0 Å². The summed E-state index contributed by atoms with van der Waals surface area (Å²) >= 11 is 0. The van der Waals surface area contributed by atoms with E-state index in [9.17, 15) is 14.7 Å². The van der Waals surface area contributed by atoms with E-state index in [0.29, 0.717) is 18.7 Å². The summed E-state index contributed by atoms with van der Waals surface area (Å²) in [6, 6.07) is 0.818. The SMILES string of the molecule is CC(=O)N[C@@H]1CO[C@@H]2CCCN(C(=O)c3ccncn3)[C@@H]2C[C@@]1(C)O. The van der Waals surface area contributed by atoms with E-state index in [-0.39, 0.29) is 30.6 Å². The van der Waals surface area contributed by atoms with Crippen molar-refractivity contribution in [2.24, 2.45) is 0 Å². The molecule has 25 heavy (non-hydrogen) atoms. The van der Waals surface area contributed by atoms with Gasteiger partial charge in [0.1, 0.15) is 12.0 Å². The van der Waals surface area contributed by atoms with Crippen LogP contribution in [0.25, 0.3) is 0 Å². The van der Waals surface area contributed by atoms with Gasteiger partial charge in [-0.05, 0) is 25.8 Å². The standard InChI is InChI=1S/C17H24N4O4/c1-11(22)20-15-9-25-14-4-3-7-21(13(14)8-17(15,2)24)16(23)12-5-6-18-10-19-12/h5-6,10,13-15,24H,3-4,7-9H2,1-2H3,(H,20,22)/t13-,14-,15-,17-/m1/s1. The van der Waals surface area contributed by atoms with Crippen LogP contribution in [-0.4, -0.2) is 68.7 Å². The van der Waals surface area contributed by atoms with E-state index >= 15 is 0 Å². The maximum atomic E-state index is 12.9. The van der Waals surface area contributed by atoms with Crippen LogP contribution >= 0.6 is 0 Å². The molecule has 0 radical (unpaired) electrons. The average molecular weight is 348 g/mol. The zero-order chi connectivity index (χ0) is 18.0. The maximum Gasteiger partial charge on any atom is 0.272 e. The van der Waals surface area contributed by atoms with Gasteiger partial charge in [0.15, 0.2) is 0 Å². The van der Waals surface area contributed by atoms with Crippen molar-refractivity contribution in [2.75, 3.05) is 13.2 Å². The third-order valence-corrected chi connectivity index (χ3v) is 5.01. The Morgan fingerprint density at radius 2 is 2.28 bits per heavy atom. The van der Waals surface area contributed by atoms with Crippen LogP contribution in [0.15, 0.2) is 18.6 Å². The van der Waals surface area contributed by atoms with E-state index < -0.39 is 11.6 Å². The van der Waals surface area contributed by atoms with Gasteiger partial charge in [0.2, 0.25) is 5.91 Å². The summed E-state index contributed by atoms with van der Waals surface area (Å²) in [5.74, 6) is -0.401. The average Bonchev–Trinajstić information content (AvgIpc) is 2.70. The third-order valence-electron chi connectivity index (χ3n) is 5.01. The lowest BCUT2D eigenvalue weighted by atomic mass is 9.85. The van der Waals surface area contributed by atoms with E-state index in [0.717, 1.165) is 12.8 Å². The van der Waals surface area contributed by atoms with Crippen molar-refractivity contribution in [3.63, 3.8) is 0 Å². The molecule has 2 aliphatic heterocycles. The Morgan fingerprint density at radius 3 is 2.96 bits per heavy atom. The Balaban J connectivity index is 1.84. The summed E-state index contributed by atoms with van der Waals surface area (Å²) in [5.41, 5.74) is -0.843. The molecule has 8 nitrogen and oxygen atoms in total. The van der Waals surface area contributed by atoms with E-state index in [1.807, 2.05) is 0 Å². The molecule has 0 unspecified atom stereocenters. The van der Waals surface area contributed by atoms with Crippen LogP contribution in [0, 0.1) is 0 Å². The topological polar surface area (TPSA) is 105 Å². The minimum Gasteiger partial charge on any atom is -0.388 e. The molecule has 8 heteroatoms. The number of hydrogen-bond acceptors (Lipinski definition) is 6. The van der Waals surface area contributed by atoms with Crippen molar-refractivity contribution in [3.8, 4) is 0 Å². The lowest BCUT2D eigenvalue weighted by Crippen LogP contribution is -2.56. The number of rotatable bonds is 2. The van der Waals surface area contributed by atoms with Gasteiger partial charge in [-0.15, -0.1) is 0 Å². The molecule has 3 rings (SSSR count). The van der Waals surface area contributed by atoms with Gasteiger partial charge in [0.25, 0.3) is 5.91 Å². The number of fused-ring (bicyclic) bond motifs is 1. The van der Waals surface area contributed by atoms with Gasteiger partial charge in [-0.3, -0.25) is 9.59 Å². The lowest BCUT2D eigenvalue weighted by molar-refractivity contribution is -0.122. The molecule has 0 spiro atoms. The molecule has 3 heterocycles. The van der Waals surface area contributed by atoms with E-state index in [1.54, 1.807) is 17.9 Å². The summed E-state index contributed by atoms with van der Waals surface area (Å²) in [4.78, 5) is 33.9. The zero-order valence-electron chi connectivity index (χ0n) is 14.5. The number of aromatic nitrogens is 2. The number of hydrogen-bond donors (Lipinski definition) is 2. The summed E-state index contributed by atoms with van der Waals surface area (Å²) in [7, 11) is 0. The monoisotopic (exact) mass is 348 g/mol. The van der Waals surface area contributed by atoms with Gasteiger partial charge in [-0.1, -0.05) is 0 Å². The van der Waals surface area contributed by atoms with Crippen LogP contribution in [-0.2, 0) is 9.53 Å². The van der Waals surface area contributed by atoms with Gasteiger partial charge in [0, 0.05) is 26.1 Å². The normalized spacial score (nSPS) is 32.4. The fourth-order valence-electron chi connectivity index (χ4n) is 3.68. The fraction of sp³-hybridized carbons (Fsp3) is 0.647. The molecule has 2 N–H and O–H groups in total. The number of amides is 2.